The van der Waals surface area contributed by atoms with E-state index in [4.69, 9.17) is 0 Å². The van der Waals surface area contributed by atoms with Gasteiger partial charge in [-0.25, -0.2) is 0 Å². The first-order valence-electron chi connectivity index (χ1n) is 5.36. The van der Waals surface area contributed by atoms with Crippen molar-refractivity contribution in [1.29, 1.82) is 0 Å². The van der Waals surface area contributed by atoms with E-state index in [2.05, 4.69) is 0 Å². The van der Waals surface area contributed by atoms with Gasteiger partial charge in [-0.2, -0.15) is 0 Å². The molecule has 0 aromatic heterocycles. The van der Waals surface area contributed by atoms with Gasteiger partial charge < -0.3 is 0 Å². The number of nitro groups is 2. The van der Waals surface area contributed by atoms with Crippen molar-refractivity contribution >= 4 is 0 Å². The smallest absolute Gasteiger partial charge is 0.219 e. The third-order valence-electron chi connectivity index (χ3n) is 4.64. The lowest BCUT2D eigenvalue weighted by molar-refractivity contribution is -0.541. The molecule has 6 nitrogen and oxygen atoms in total. The summed E-state index contributed by atoms with van der Waals surface area (Å²) in [5.74, 6) is 0.202. The molecule has 6 atom stereocenters. The number of rotatable bonds is 2. The van der Waals surface area contributed by atoms with E-state index in [1.54, 1.807) is 0 Å². The molecule has 0 N–H and O–H groups in total. The summed E-state index contributed by atoms with van der Waals surface area (Å²) in [6, 6.07) is -0.979. The highest BCUT2D eigenvalue weighted by molar-refractivity contribution is 5.08. The number of hydrogen-bond donors (Lipinski definition) is 0. The minimum atomic E-state index is -0.490. The maximum absolute atomic E-state index is 10.9. The summed E-state index contributed by atoms with van der Waals surface area (Å²) in [6.45, 7) is 0. The van der Waals surface area contributed by atoms with E-state index in [0.717, 1.165) is 0 Å². The Labute approximate surface area is 85.9 Å². The van der Waals surface area contributed by atoms with Gasteiger partial charge in [0.2, 0.25) is 12.1 Å². The van der Waals surface area contributed by atoms with Crippen molar-refractivity contribution in [2.45, 2.75) is 31.3 Å². The van der Waals surface area contributed by atoms with Crippen LogP contribution in [0.5, 0.6) is 0 Å². The minimum Gasteiger partial charge on any atom is -0.264 e. The molecule has 0 aromatic carbocycles. The summed E-state index contributed by atoms with van der Waals surface area (Å²) in [5.41, 5.74) is 0. The molecule has 0 amide bonds. The SMILES string of the molecule is O=[N+]([O-])C1C2CC3CC1C(C2)C3[N+](=O)[O-]. The molecule has 0 aliphatic heterocycles. The zero-order valence-electron chi connectivity index (χ0n) is 8.11. The Bertz CT molecular complexity index is 309. The normalized spacial score (nSPS) is 50.9. The average Bonchev–Trinajstić information content (AvgIpc) is 2.51. The van der Waals surface area contributed by atoms with Crippen molar-refractivity contribution in [3.63, 3.8) is 0 Å². The van der Waals surface area contributed by atoms with Gasteiger partial charge >= 0.3 is 0 Å². The standard InChI is InChI=1S/C9H12N2O4/c12-10(13)8-4-1-5-3-7(8)6(2-4)9(5)11(14)15/h4-9H,1-3H2. The van der Waals surface area contributed by atoms with Crippen LogP contribution in [0.4, 0.5) is 0 Å². The van der Waals surface area contributed by atoms with Crippen LogP contribution in [0.1, 0.15) is 19.3 Å². The fourth-order valence-electron chi connectivity index (χ4n) is 4.33. The van der Waals surface area contributed by atoms with Crippen molar-refractivity contribution in [2.24, 2.45) is 23.7 Å². The lowest BCUT2D eigenvalue weighted by Crippen LogP contribution is -2.38. The minimum absolute atomic E-state index is 0.0147. The lowest BCUT2D eigenvalue weighted by Gasteiger charge is -2.27. The van der Waals surface area contributed by atoms with Crippen LogP contribution < -0.4 is 0 Å². The fourth-order valence-corrected chi connectivity index (χ4v) is 4.33. The average molecular weight is 212 g/mol. The summed E-state index contributed by atoms with van der Waals surface area (Å²) in [5, 5.41) is 21.8. The molecular formula is C9H12N2O4. The Morgan fingerprint density at radius 1 is 0.800 bits per heavy atom. The van der Waals surface area contributed by atoms with Crippen LogP contribution in [0.15, 0.2) is 0 Å². The second-order valence-corrected chi connectivity index (χ2v) is 5.11. The van der Waals surface area contributed by atoms with Gasteiger partial charge in [-0.05, 0) is 19.3 Å². The molecule has 0 saturated heterocycles. The molecule has 82 valence electrons. The molecule has 4 aliphatic rings. The summed E-state index contributed by atoms with van der Waals surface area (Å²) < 4.78 is 0. The molecule has 0 spiro atoms. The van der Waals surface area contributed by atoms with Gasteiger partial charge in [-0.15, -0.1) is 0 Å². The molecule has 6 heteroatoms. The third kappa shape index (κ3) is 0.992. The monoisotopic (exact) mass is 212 g/mol. The van der Waals surface area contributed by atoms with Gasteiger partial charge in [0.05, 0.1) is 0 Å². The van der Waals surface area contributed by atoms with Gasteiger partial charge in [0, 0.05) is 33.5 Å². The van der Waals surface area contributed by atoms with E-state index in [-0.39, 0.29) is 33.5 Å². The van der Waals surface area contributed by atoms with Crippen LogP contribution in [-0.4, -0.2) is 21.9 Å². The van der Waals surface area contributed by atoms with E-state index in [1.807, 2.05) is 0 Å². The van der Waals surface area contributed by atoms with Crippen molar-refractivity contribution in [3.05, 3.63) is 20.2 Å². The van der Waals surface area contributed by atoms with Gasteiger partial charge in [0.25, 0.3) is 0 Å². The second kappa shape index (κ2) is 2.68. The molecule has 0 aromatic rings. The van der Waals surface area contributed by atoms with Crippen LogP contribution in [0.25, 0.3) is 0 Å². The van der Waals surface area contributed by atoms with Crippen LogP contribution in [0, 0.1) is 43.9 Å². The lowest BCUT2D eigenvalue weighted by atomic mass is 9.77. The summed E-state index contributed by atoms with van der Waals surface area (Å²) >= 11 is 0. The van der Waals surface area contributed by atoms with Crippen LogP contribution in [-0.2, 0) is 0 Å². The van der Waals surface area contributed by atoms with Gasteiger partial charge in [-0.3, -0.25) is 20.2 Å². The molecular weight excluding hydrogens is 200 g/mol. The molecule has 15 heavy (non-hydrogen) atoms. The first-order valence-corrected chi connectivity index (χ1v) is 5.36. The van der Waals surface area contributed by atoms with Crippen molar-refractivity contribution in [2.75, 3.05) is 0 Å². The van der Waals surface area contributed by atoms with E-state index in [0.29, 0.717) is 19.3 Å². The molecule has 4 aliphatic carbocycles. The first-order chi connectivity index (χ1) is 7.09. The second-order valence-electron chi connectivity index (χ2n) is 5.11. The third-order valence-corrected chi connectivity index (χ3v) is 4.64. The molecule has 4 rings (SSSR count). The zero-order chi connectivity index (χ0) is 10.7. The highest BCUT2D eigenvalue weighted by atomic mass is 16.6. The Kier molecular flexibility index (Phi) is 1.62. The first kappa shape index (κ1) is 9.06. The zero-order valence-corrected chi connectivity index (χ0v) is 8.11. The van der Waals surface area contributed by atoms with Crippen LogP contribution in [0.3, 0.4) is 0 Å². The number of nitrogens with zero attached hydrogens (tertiary/aromatic N) is 2. The van der Waals surface area contributed by atoms with E-state index in [1.165, 1.54) is 0 Å². The largest absolute Gasteiger partial charge is 0.264 e. The Hall–Kier alpha value is -1.20. The van der Waals surface area contributed by atoms with E-state index in [9.17, 15) is 20.2 Å². The highest BCUT2D eigenvalue weighted by Crippen LogP contribution is 2.59. The molecule has 4 fully saturated rings. The molecule has 4 saturated carbocycles. The molecule has 0 heterocycles. The topological polar surface area (TPSA) is 86.3 Å². The van der Waals surface area contributed by atoms with E-state index >= 15 is 0 Å². The predicted molar refractivity (Wildman–Crippen MR) is 49.4 cm³/mol. The maximum Gasteiger partial charge on any atom is 0.219 e. The summed E-state index contributed by atoms with van der Waals surface area (Å²) in [6.07, 6.45) is 2.11. The van der Waals surface area contributed by atoms with Crippen LogP contribution in [0.2, 0.25) is 0 Å². The summed E-state index contributed by atoms with van der Waals surface area (Å²) in [7, 11) is 0. The summed E-state index contributed by atoms with van der Waals surface area (Å²) in [4.78, 5) is 21.4. The van der Waals surface area contributed by atoms with E-state index < -0.39 is 12.1 Å². The molecule has 4 bridgehead atoms. The predicted octanol–water partition coefficient (Wildman–Crippen LogP) is 0.953. The highest BCUT2D eigenvalue weighted by Gasteiger charge is 2.67. The Morgan fingerprint density at radius 2 is 1.20 bits per heavy atom. The van der Waals surface area contributed by atoms with Crippen molar-refractivity contribution in [1.82, 2.24) is 0 Å². The molecule has 6 unspecified atom stereocenters. The maximum atomic E-state index is 10.9. The van der Waals surface area contributed by atoms with Crippen molar-refractivity contribution in [3.8, 4) is 0 Å². The van der Waals surface area contributed by atoms with Gasteiger partial charge in [-0.1, -0.05) is 0 Å². The number of hydrogen-bond acceptors (Lipinski definition) is 4. The van der Waals surface area contributed by atoms with Gasteiger partial charge in [0.1, 0.15) is 0 Å². The Balaban J connectivity index is 1.93. The van der Waals surface area contributed by atoms with Gasteiger partial charge in [0.15, 0.2) is 0 Å². The quantitative estimate of drug-likeness (QED) is 0.503. The molecule has 0 radical (unpaired) electrons. The van der Waals surface area contributed by atoms with Crippen LogP contribution >= 0.6 is 0 Å². The Morgan fingerprint density at radius 3 is 1.53 bits per heavy atom. The fraction of sp³-hybridized carbons (Fsp3) is 1.00. The van der Waals surface area contributed by atoms with Crippen molar-refractivity contribution < 1.29 is 9.85 Å².